The number of thiophene rings is 1. The maximum absolute atomic E-state index is 11.9. The molecule has 0 saturated heterocycles. The van der Waals surface area contributed by atoms with E-state index in [0.717, 1.165) is 10.6 Å². The SMILES string of the molecule is Cc1ccc(-c2cc(C(=O)NCC(=O)NC(C)C)n[nH]2)s1. The summed E-state index contributed by atoms with van der Waals surface area (Å²) < 4.78 is 0. The highest BCUT2D eigenvalue weighted by Crippen LogP contribution is 2.26. The first-order valence-corrected chi connectivity index (χ1v) is 7.47. The summed E-state index contributed by atoms with van der Waals surface area (Å²) in [6.07, 6.45) is 0. The highest BCUT2D eigenvalue weighted by molar-refractivity contribution is 7.15. The molecule has 2 heterocycles. The quantitative estimate of drug-likeness (QED) is 0.786. The molecule has 0 spiro atoms. The maximum atomic E-state index is 11.9. The predicted molar refractivity (Wildman–Crippen MR) is 82.2 cm³/mol. The van der Waals surface area contributed by atoms with E-state index in [0.29, 0.717) is 0 Å². The zero-order valence-corrected chi connectivity index (χ0v) is 13.0. The molecule has 3 N–H and O–H groups in total. The Morgan fingerprint density at radius 1 is 1.38 bits per heavy atom. The van der Waals surface area contributed by atoms with Crippen LogP contribution in [0.4, 0.5) is 0 Å². The third-order valence-corrected chi connectivity index (χ3v) is 3.71. The Bertz CT molecular complexity index is 645. The van der Waals surface area contributed by atoms with E-state index < -0.39 is 0 Å². The van der Waals surface area contributed by atoms with Crippen LogP contribution in [0.3, 0.4) is 0 Å². The third kappa shape index (κ3) is 4.16. The van der Waals surface area contributed by atoms with Gasteiger partial charge in [-0.1, -0.05) is 0 Å². The number of aromatic amines is 1. The van der Waals surface area contributed by atoms with Gasteiger partial charge in [0, 0.05) is 10.9 Å². The Morgan fingerprint density at radius 2 is 2.14 bits per heavy atom. The lowest BCUT2D eigenvalue weighted by Gasteiger charge is -2.08. The summed E-state index contributed by atoms with van der Waals surface area (Å²) in [4.78, 5) is 25.6. The van der Waals surface area contributed by atoms with E-state index in [1.807, 2.05) is 32.9 Å². The first kappa shape index (κ1) is 15.2. The monoisotopic (exact) mass is 306 g/mol. The van der Waals surface area contributed by atoms with Crippen LogP contribution in [0.5, 0.6) is 0 Å². The number of aromatic nitrogens is 2. The molecule has 6 nitrogen and oxygen atoms in total. The molecular formula is C14H18N4O2S. The molecule has 21 heavy (non-hydrogen) atoms. The number of hydrogen-bond donors (Lipinski definition) is 3. The lowest BCUT2D eigenvalue weighted by molar-refractivity contribution is -0.120. The van der Waals surface area contributed by atoms with E-state index in [2.05, 4.69) is 20.8 Å². The summed E-state index contributed by atoms with van der Waals surface area (Å²) >= 11 is 1.62. The number of amides is 2. The van der Waals surface area contributed by atoms with Crippen LogP contribution in [0.2, 0.25) is 0 Å². The van der Waals surface area contributed by atoms with Crippen LogP contribution in [0.25, 0.3) is 10.6 Å². The predicted octanol–water partition coefficient (Wildman–Crippen LogP) is 1.70. The number of rotatable bonds is 5. The van der Waals surface area contributed by atoms with Gasteiger partial charge in [-0.25, -0.2) is 0 Å². The molecule has 0 saturated carbocycles. The van der Waals surface area contributed by atoms with Crippen LogP contribution in [-0.2, 0) is 4.79 Å². The molecule has 0 aliphatic rings. The number of carbonyl (C=O) groups excluding carboxylic acids is 2. The molecule has 112 valence electrons. The molecule has 7 heteroatoms. The molecular weight excluding hydrogens is 288 g/mol. The lowest BCUT2D eigenvalue weighted by atomic mass is 10.3. The van der Waals surface area contributed by atoms with Crippen molar-refractivity contribution in [3.05, 3.63) is 28.8 Å². The van der Waals surface area contributed by atoms with Crippen LogP contribution in [-0.4, -0.2) is 34.6 Å². The Morgan fingerprint density at radius 3 is 2.76 bits per heavy atom. The van der Waals surface area contributed by atoms with Gasteiger partial charge in [-0.3, -0.25) is 14.7 Å². The molecule has 0 bridgehead atoms. The minimum absolute atomic E-state index is 0.0495. The van der Waals surface area contributed by atoms with Crippen molar-refractivity contribution >= 4 is 23.2 Å². The summed E-state index contributed by atoms with van der Waals surface area (Å²) in [6.45, 7) is 5.69. The molecule has 0 fully saturated rings. The van der Waals surface area contributed by atoms with Crippen molar-refractivity contribution in [2.45, 2.75) is 26.8 Å². The van der Waals surface area contributed by atoms with E-state index in [-0.39, 0.29) is 30.1 Å². The zero-order chi connectivity index (χ0) is 15.4. The Kier molecular flexibility index (Phi) is 4.74. The van der Waals surface area contributed by atoms with Gasteiger partial charge in [0.2, 0.25) is 5.91 Å². The summed E-state index contributed by atoms with van der Waals surface area (Å²) in [5.74, 6) is -0.590. The fourth-order valence-electron chi connectivity index (χ4n) is 1.77. The number of aryl methyl sites for hydroxylation is 1. The van der Waals surface area contributed by atoms with Gasteiger partial charge in [0.15, 0.2) is 5.69 Å². The van der Waals surface area contributed by atoms with Crippen molar-refractivity contribution in [2.24, 2.45) is 0 Å². The average molecular weight is 306 g/mol. The molecule has 2 rings (SSSR count). The zero-order valence-electron chi connectivity index (χ0n) is 12.2. The van der Waals surface area contributed by atoms with Crippen LogP contribution >= 0.6 is 11.3 Å². The second-order valence-electron chi connectivity index (χ2n) is 4.98. The Balaban J connectivity index is 1.95. The standard InChI is InChI=1S/C14H18N4O2S/c1-8(2)16-13(19)7-15-14(20)11-6-10(17-18-11)12-5-4-9(3)21-12/h4-6,8H,7H2,1-3H3,(H,15,20)(H,16,19)(H,17,18). The number of nitrogens with zero attached hydrogens (tertiary/aromatic N) is 1. The minimum Gasteiger partial charge on any atom is -0.352 e. The Labute approximate surface area is 127 Å². The van der Waals surface area contributed by atoms with Crippen LogP contribution in [0.1, 0.15) is 29.2 Å². The second-order valence-corrected chi connectivity index (χ2v) is 6.27. The Hall–Kier alpha value is -2.15. The van der Waals surface area contributed by atoms with Crippen LogP contribution in [0, 0.1) is 6.92 Å². The fourth-order valence-corrected chi connectivity index (χ4v) is 2.60. The molecule has 0 atom stereocenters. The smallest absolute Gasteiger partial charge is 0.272 e. The molecule has 0 unspecified atom stereocenters. The van der Waals surface area contributed by atoms with Gasteiger partial charge < -0.3 is 10.6 Å². The van der Waals surface area contributed by atoms with Crippen molar-refractivity contribution < 1.29 is 9.59 Å². The van der Waals surface area contributed by atoms with Crippen molar-refractivity contribution in [1.82, 2.24) is 20.8 Å². The molecule has 2 aromatic rings. The van der Waals surface area contributed by atoms with Crippen LogP contribution < -0.4 is 10.6 Å². The second kappa shape index (κ2) is 6.53. The van der Waals surface area contributed by atoms with Gasteiger partial charge in [0.1, 0.15) is 0 Å². The molecule has 0 aliphatic heterocycles. The fraction of sp³-hybridized carbons (Fsp3) is 0.357. The normalized spacial score (nSPS) is 10.7. The maximum Gasteiger partial charge on any atom is 0.272 e. The van der Waals surface area contributed by atoms with Gasteiger partial charge in [-0.05, 0) is 39.0 Å². The first-order valence-electron chi connectivity index (χ1n) is 6.65. The van der Waals surface area contributed by atoms with E-state index in [1.165, 1.54) is 4.88 Å². The van der Waals surface area contributed by atoms with Gasteiger partial charge in [-0.15, -0.1) is 11.3 Å². The van der Waals surface area contributed by atoms with E-state index in [1.54, 1.807) is 17.4 Å². The largest absolute Gasteiger partial charge is 0.352 e. The van der Waals surface area contributed by atoms with E-state index in [4.69, 9.17) is 0 Å². The molecule has 2 amide bonds. The average Bonchev–Trinajstić information content (AvgIpc) is 3.03. The summed E-state index contributed by atoms with van der Waals surface area (Å²) in [6, 6.07) is 5.72. The van der Waals surface area contributed by atoms with E-state index in [9.17, 15) is 9.59 Å². The van der Waals surface area contributed by atoms with Crippen molar-refractivity contribution in [3.8, 4) is 10.6 Å². The van der Waals surface area contributed by atoms with Crippen LogP contribution in [0.15, 0.2) is 18.2 Å². The highest BCUT2D eigenvalue weighted by Gasteiger charge is 2.13. The van der Waals surface area contributed by atoms with Gasteiger partial charge in [0.25, 0.3) is 5.91 Å². The van der Waals surface area contributed by atoms with Crippen molar-refractivity contribution in [2.75, 3.05) is 6.54 Å². The van der Waals surface area contributed by atoms with Gasteiger partial charge in [-0.2, -0.15) is 5.10 Å². The lowest BCUT2D eigenvalue weighted by Crippen LogP contribution is -2.39. The van der Waals surface area contributed by atoms with Crippen molar-refractivity contribution in [3.63, 3.8) is 0 Å². The van der Waals surface area contributed by atoms with E-state index >= 15 is 0 Å². The van der Waals surface area contributed by atoms with Crippen molar-refractivity contribution in [1.29, 1.82) is 0 Å². The number of nitrogens with one attached hydrogen (secondary N) is 3. The van der Waals surface area contributed by atoms with Gasteiger partial charge >= 0.3 is 0 Å². The summed E-state index contributed by atoms with van der Waals surface area (Å²) in [5, 5.41) is 12.1. The minimum atomic E-state index is -0.371. The highest BCUT2D eigenvalue weighted by atomic mass is 32.1. The number of H-pyrrole nitrogens is 1. The molecule has 2 aromatic heterocycles. The third-order valence-electron chi connectivity index (χ3n) is 2.68. The summed E-state index contributed by atoms with van der Waals surface area (Å²) in [5.41, 5.74) is 1.07. The molecule has 0 radical (unpaired) electrons. The molecule has 0 aliphatic carbocycles. The topological polar surface area (TPSA) is 86.9 Å². The summed E-state index contributed by atoms with van der Waals surface area (Å²) in [7, 11) is 0. The first-order chi connectivity index (χ1) is 9.95. The van der Waals surface area contributed by atoms with Gasteiger partial charge in [0.05, 0.1) is 17.1 Å². The molecule has 0 aromatic carbocycles. The number of carbonyl (C=O) groups is 2. The number of hydrogen-bond acceptors (Lipinski definition) is 4.